The fourth-order valence-corrected chi connectivity index (χ4v) is 13.1. The summed E-state index contributed by atoms with van der Waals surface area (Å²) < 4.78 is 161. The first-order chi connectivity index (χ1) is 44.2. The number of aromatic nitrogens is 3. The number of aliphatic carboxylic acids is 3. The average Bonchev–Trinajstić information content (AvgIpc) is 1.73. The summed E-state index contributed by atoms with van der Waals surface area (Å²) in [5.41, 5.74) is 0.491. The highest BCUT2D eigenvalue weighted by Gasteiger charge is 2.59. The van der Waals surface area contributed by atoms with Crippen LogP contribution in [0.4, 0.5) is 43.9 Å². The van der Waals surface area contributed by atoms with E-state index in [4.69, 9.17) is 26.6 Å². The summed E-state index contributed by atoms with van der Waals surface area (Å²) in [6.45, 7) is 0.0826. The molecule has 95 heavy (non-hydrogen) atoms. The number of benzene rings is 1. The first-order valence-electron chi connectivity index (χ1n) is 29.2. The molecule has 4 heterocycles. The Morgan fingerprint density at radius 1 is 0.611 bits per heavy atom. The van der Waals surface area contributed by atoms with Gasteiger partial charge in [0.1, 0.15) is 29.5 Å². The number of carboxylic acid groups (broad SMARTS) is 3. The van der Waals surface area contributed by atoms with E-state index in [-0.39, 0.29) is 62.1 Å². The van der Waals surface area contributed by atoms with Crippen molar-refractivity contribution in [2.75, 3.05) is 48.1 Å². The van der Waals surface area contributed by atoms with Crippen LogP contribution >= 0.6 is 11.6 Å². The largest absolute Gasteiger partial charge is 0.487 e. The molecule has 26 nitrogen and oxygen atoms in total. The maximum absolute atomic E-state index is 14.3. The Balaban J connectivity index is 0.000000216. The van der Waals surface area contributed by atoms with Crippen LogP contribution in [0.1, 0.15) is 112 Å². The third kappa shape index (κ3) is 18.2. The van der Waals surface area contributed by atoms with Crippen LogP contribution in [-0.4, -0.2) is 183 Å². The number of hydrogen-bond acceptors (Lipinski definition) is 20. The molecule has 0 bridgehead atoms. The molecule has 3 aliphatic heterocycles. The standard InChI is InChI=1S/C26H28ClF4N5O5.C9H12F2O4.C9H12O5.C7H8F2O4.C7H6F2O3/c1-34-22(23(28)29)17(32-33-34)12-41-19-5-4-16(27)13-6-8-36(18(21(13)19)11-35-7-2-3-20(35)37)24(38)14-9-26(30,31)10-15(14)25(39)40;1-14-7(12)5-3-9(10,11)4-6(5)8(13)15-2;1-13-8(11)6-3-5(10)4-7(6)9(12)14-2;8-7(9)1-3(5(10)11)4(2-7)6(12)13;8-7(9)1-3-4(2-7)6(11)12-5(3)10/h4-5,14-15,18,23H,2-3,6-12H2,1H3,(H,39,40);5-6H,3-4H2,1-2H3;6-7H,3-4H2,1-2H3;3-4H,1-2H2,(H,10,11)(H,12,13);3-4H,1-2H2/t14?,15?,18-;5-,6+;6-,7+;2*3-,4+/m1..../s1. The Bertz CT molecular complexity index is 3200. The number of alkyl halides is 10. The van der Waals surface area contributed by atoms with Gasteiger partial charge in [-0.1, -0.05) is 16.8 Å². The van der Waals surface area contributed by atoms with Gasteiger partial charge in [-0.15, -0.1) is 5.10 Å². The normalized spacial score (nSPS) is 27.7. The van der Waals surface area contributed by atoms with Crippen LogP contribution in [0.15, 0.2) is 12.1 Å². The Hall–Kier alpha value is -8.21. The molecule has 7 fully saturated rings. The molecular formula is C58H66ClF10N5O21. The van der Waals surface area contributed by atoms with Crippen LogP contribution in [0.5, 0.6) is 5.75 Å². The molecule has 11 atom stereocenters. The predicted molar refractivity (Wildman–Crippen MR) is 294 cm³/mol. The van der Waals surface area contributed by atoms with Crippen molar-refractivity contribution in [2.45, 2.75) is 126 Å². The zero-order chi connectivity index (χ0) is 71.1. The molecule has 0 spiro atoms. The van der Waals surface area contributed by atoms with E-state index in [0.717, 1.165) is 18.9 Å². The second kappa shape index (κ2) is 30.7. The minimum absolute atomic E-state index is 0.00253. The highest BCUT2D eigenvalue weighted by Crippen LogP contribution is 2.50. The SMILES string of the molecule is COC(=O)[C@H]1CC(=O)C[C@H]1C(=O)OC.COC(=O)[C@H]1CC(F)(F)C[C@H]1C(=O)OC.Cn1nnc(COc2ccc(Cl)c3c2[C@@H](CN2CCCC2=O)N(C(=O)C2CC(F)(F)CC2C(=O)O)CC3)c1C(F)F.O=C(O)[C@H]1CC(F)(F)C[C@H]1C(=O)O.O=C1OC(=O)[C@@H]2CC(F)(F)C[C@H]12. The third-order valence-corrected chi connectivity index (χ3v) is 17.9. The molecule has 2 aromatic rings. The van der Waals surface area contributed by atoms with Crippen molar-refractivity contribution in [3.05, 3.63) is 39.7 Å². The molecule has 526 valence electrons. The maximum Gasteiger partial charge on any atom is 0.317 e. The molecule has 5 saturated carbocycles. The van der Waals surface area contributed by atoms with E-state index < -0.39 is 212 Å². The smallest absolute Gasteiger partial charge is 0.317 e. The summed E-state index contributed by atoms with van der Waals surface area (Å²) in [6.07, 6.45) is -7.57. The highest BCUT2D eigenvalue weighted by atomic mass is 35.5. The number of esters is 6. The number of likely N-dealkylation sites (tertiary alicyclic amines) is 1. The lowest BCUT2D eigenvalue weighted by Gasteiger charge is -2.41. The number of nitrogens with zero attached hydrogens (tertiary/aromatic N) is 5. The highest BCUT2D eigenvalue weighted by molar-refractivity contribution is 6.31. The molecule has 2 saturated heterocycles. The Morgan fingerprint density at radius 3 is 1.45 bits per heavy atom. The molecule has 0 radical (unpaired) electrons. The molecule has 5 aliphatic carbocycles. The van der Waals surface area contributed by atoms with Gasteiger partial charge in [0.05, 0.1) is 93.7 Å². The van der Waals surface area contributed by atoms with E-state index in [1.165, 1.54) is 32.2 Å². The number of halogens is 11. The average molecular weight is 1390 g/mol. The van der Waals surface area contributed by atoms with E-state index in [2.05, 4.69) is 34.0 Å². The van der Waals surface area contributed by atoms with Crippen LogP contribution in [0.2, 0.25) is 5.02 Å². The van der Waals surface area contributed by atoms with Crippen LogP contribution in [-0.2, 0) is 101 Å². The Morgan fingerprint density at radius 2 is 1.03 bits per heavy atom. The summed E-state index contributed by atoms with van der Waals surface area (Å²) in [4.78, 5) is 139. The first-order valence-corrected chi connectivity index (χ1v) is 29.6. The van der Waals surface area contributed by atoms with Gasteiger partial charge in [-0.3, -0.25) is 57.5 Å². The lowest BCUT2D eigenvalue weighted by molar-refractivity contribution is -0.156. The second-order valence-corrected chi connectivity index (χ2v) is 24.1. The summed E-state index contributed by atoms with van der Waals surface area (Å²) in [7, 11) is 6.00. The number of ether oxygens (including phenoxy) is 6. The minimum atomic E-state index is -3.31. The lowest BCUT2D eigenvalue weighted by atomic mass is 9.88. The molecule has 1 aromatic heterocycles. The van der Waals surface area contributed by atoms with Crippen LogP contribution in [0, 0.1) is 59.2 Å². The second-order valence-electron chi connectivity index (χ2n) is 23.7. The van der Waals surface area contributed by atoms with Crippen molar-refractivity contribution < 1.29 is 145 Å². The maximum atomic E-state index is 14.3. The number of hydrogen-bond donors (Lipinski definition) is 3. The van der Waals surface area contributed by atoms with Crippen molar-refractivity contribution in [2.24, 2.45) is 66.2 Å². The summed E-state index contributed by atoms with van der Waals surface area (Å²) in [5.74, 6) is -33.0. The molecule has 2 amide bonds. The van der Waals surface area contributed by atoms with Gasteiger partial charge in [-0.2, -0.15) is 0 Å². The van der Waals surface area contributed by atoms with Crippen molar-refractivity contribution >= 4 is 82.9 Å². The number of fused-ring (bicyclic) bond motifs is 2. The van der Waals surface area contributed by atoms with E-state index in [0.29, 0.717) is 35.5 Å². The summed E-state index contributed by atoms with van der Waals surface area (Å²) in [6, 6.07) is 2.17. The lowest BCUT2D eigenvalue weighted by Crippen LogP contribution is -2.48. The Labute approximate surface area is 537 Å². The molecule has 1 aromatic carbocycles. The molecule has 3 N–H and O–H groups in total. The van der Waals surface area contributed by atoms with E-state index >= 15 is 0 Å². The molecular weight excluding hydrogens is 1330 g/mol. The van der Waals surface area contributed by atoms with E-state index in [1.807, 2.05) is 0 Å². The first kappa shape index (κ1) is 75.8. The number of aryl methyl sites for hydroxylation is 1. The van der Waals surface area contributed by atoms with Crippen molar-refractivity contribution in [1.82, 2.24) is 24.8 Å². The van der Waals surface area contributed by atoms with Crippen molar-refractivity contribution in [3.8, 4) is 5.75 Å². The summed E-state index contributed by atoms with van der Waals surface area (Å²) >= 11 is 6.53. The number of carbonyl (C=O) groups is 12. The molecule has 2 unspecified atom stereocenters. The fraction of sp³-hybridized carbons (Fsp3) is 0.655. The van der Waals surface area contributed by atoms with Gasteiger partial charge < -0.3 is 53.5 Å². The van der Waals surface area contributed by atoms with Crippen LogP contribution in [0.25, 0.3) is 0 Å². The fourth-order valence-electron chi connectivity index (χ4n) is 12.9. The van der Waals surface area contributed by atoms with E-state index in [1.54, 1.807) is 11.0 Å². The number of amides is 2. The van der Waals surface area contributed by atoms with Crippen LogP contribution in [0.3, 0.4) is 0 Å². The van der Waals surface area contributed by atoms with Gasteiger partial charge in [0, 0.05) is 108 Å². The molecule has 10 rings (SSSR count). The van der Waals surface area contributed by atoms with Gasteiger partial charge in [0.15, 0.2) is 0 Å². The van der Waals surface area contributed by atoms with Crippen molar-refractivity contribution in [1.29, 1.82) is 0 Å². The summed E-state index contributed by atoms with van der Waals surface area (Å²) in [5, 5.41) is 34.3. The van der Waals surface area contributed by atoms with Gasteiger partial charge >= 0.3 is 53.7 Å². The Kier molecular flexibility index (Phi) is 24.5. The molecule has 8 aliphatic rings. The number of carbonyl (C=O) groups excluding carboxylic acids is 9. The van der Waals surface area contributed by atoms with E-state index in [9.17, 15) is 107 Å². The van der Waals surface area contributed by atoms with Gasteiger partial charge in [0.2, 0.25) is 35.5 Å². The van der Waals surface area contributed by atoms with Crippen molar-refractivity contribution in [3.63, 3.8) is 0 Å². The minimum Gasteiger partial charge on any atom is -0.487 e. The number of carboxylic acids is 3. The van der Waals surface area contributed by atoms with Crippen LogP contribution < -0.4 is 4.74 Å². The zero-order valence-corrected chi connectivity index (χ0v) is 51.9. The molecule has 37 heteroatoms. The topological polar surface area (TPSA) is 358 Å². The zero-order valence-electron chi connectivity index (χ0n) is 51.2. The number of methoxy groups -OCH3 is 4. The predicted octanol–water partition coefficient (Wildman–Crippen LogP) is 6.25. The number of rotatable bonds is 14. The van der Waals surface area contributed by atoms with Gasteiger partial charge in [-0.25, -0.2) is 48.6 Å². The quantitative estimate of drug-likeness (QED) is 0.0814. The number of cyclic esters (lactones) is 2. The van der Waals surface area contributed by atoms with Gasteiger partial charge in [-0.05, 0) is 30.5 Å². The van der Waals surface area contributed by atoms with Gasteiger partial charge in [0.25, 0.3) is 6.43 Å². The third-order valence-electron chi connectivity index (χ3n) is 17.5. The monoisotopic (exact) mass is 1390 g/mol. The number of Topliss-reactive ketones (excluding diaryl/α,β-unsaturated/α-hetero) is 1. The number of ketones is 1.